The van der Waals surface area contributed by atoms with Crippen molar-refractivity contribution in [3.8, 4) is 0 Å². The zero-order chi connectivity index (χ0) is 19.3. The molecule has 7 heteroatoms. The van der Waals surface area contributed by atoms with Crippen molar-refractivity contribution in [2.24, 2.45) is 17.8 Å². The summed E-state index contributed by atoms with van der Waals surface area (Å²) in [5, 5.41) is 11.2. The van der Waals surface area contributed by atoms with E-state index in [4.69, 9.17) is 5.73 Å². The zero-order valence-corrected chi connectivity index (χ0v) is 16.1. The third-order valence-electron chi connectivity index (χ3n) is 4.47. The van der Waals surface area contributed by atoms with Gasteiger partial charge < -0.3 is 16.4 Å². The van der Waals surface area contributed by atoms with E-state index in [0.717, 1.165) is 23.6 Å². The number of carbonyl (C=O) groups is 1. The summed E-state index contributed by atoms with van der Waals surface area (Å²) < 4.78 is 1.92. The van der Waals surface area contributed by atoms with E-state index in [1.165, 1.54) is 11.3 Å². The lowest BCUT2D eigenvalue weighted by molar-refractivity contribution is 0.100. The van der Waals surface area contributed by atoms with Crippen LogP contribution in [0, 0.1) is 13.8 Å². The molecule has 4 N–H and O–H groups in total. The normalized spacial score (nSPS) is 12.7. The van der Waals surface area contributed by atoms with Crippen molar-refractivity contribution in [1.29, 1.82) is 0 Å². The highest BCUT2D eigenvalue weighted by molar-refractivity contribution is 5.92. The third kappa shape index (κ3) is 4.84. The molecule has 0 saturated heterocycles. The van der Waals surface area contributed by atoms with Crippen LogP contribution in [0.4, 0.5) is 0 Å². The molecule has 1 amide bonds. The Hall–Kier alpha value is -2.83. The molecular weight excluding hydrogens is 328 g/mol. The Labute approximate surface area is 154 Å². The lowest BCUT2D eigenvalue weighted by Gasteiger charge is -2.18. The average molecular weight is 356 g/mol. The van der Waals surface area contributed by atoms with Crippen LogP contribution in [0.3, 0.4) is 0 Å². The van der Waals surface area contributed by atoms with Crippen molar-refractivity contribution in [3.63, 3.8) is 0 Å². The van der Waals surface area contributed by atoms with Crippen molar-refractivity contribution < 1.29 is 4.79 Å². The van der Waals surface area contributed by atoms with E-state index < -0.39 is 5.91 Å². The van der Waals surface area contributed by atoms with E-state index in [1.54, 1.807) is 19.2 Å². The van der Waals surface area contributed by atoms with E-state index in [1.807, 2.05) is 30.8 Å². The van der Waals surface area contributed by atoms with Crippen molar-refractivity contribution in [1.82, 2.24) is 20.4 Å². The number of benzene rings is 1. The summed E-state index contributed by atoms with van der Waals surface area (Å²) in [4.78, 5) is 15.4. The minimum atomic E-state index is -0.420. The van der Waals surface area contributed by atoms with Gasteiger partial charge in [-0.2, -0.15) is 5.10 Å². The fraction of sp³-hybridized carbons (Fsp3) is 0.421. The van der Waals surface area contributed by atoms with E-state index in [0.29, 0.717) is 12.1 Å². The maximum Gasteiger partial charge on any atom is 0.248 e. The number of aromatic nitrogens is 2. The van der Waals surface area contributed by atoms with E-state index in [-0.39, 0.29) is 6.04 Å². The highest BCUT2D eigenvalue weighted by atomic mass is 16.1. The molecule has 1 aromatic heterocycles. The molecule has 0 bridgehead atoms. The van der Waals surface area contributed by atoms with Gasteiger partial charge in [-0.15, -0.1) is 0 Å². The van der Waals surface area contributed by atoms with Crippen LogP contribution in [0.2, 0.25) is 0 Å². The molecular formula is C19H28N6O. The number of hydrogen-bond acceptors (Lipinski definition) is 3. The SMILES string of the molecule is CN=C(NCc1ccc(C(N)=O)cc1)NC(C)Cc1c(C)nn(C)c1C. The largest absolute Gasteiger partial charge is 0.366 e. The smallest absolute Gasteiger partial charge is 0.248 e. The van der Waals surface area contributed by atoms with Gasteiger partial charge in [0.25, 0.3) is 0 Å². The molecule has 7 nitrogen and oxygen atoms in total. The topological polar surface area (TPSA) is 97.3 Å². The van der Waals surface area contributed by atoms with E-state index in [2.05, 4.69) is 34.6 Å². The van der Waals surface area contributed by atoms with Gasteiger partial charge in [0.05, 0.1) is 5.69 Å². The second-order valence-corrected chi connectivity index (χ2v) is 6.51. The fourth-order valence-corrected chi connectivity index (χ4v) is 2.87. The lowest BCUT2D eigenvalue weighted by atomic mass is 10.1. The number of carbonyl (C=O) groups excluding carboxylic acids is 1. The van der Waals surface area contributed by atoms with Gasteiger partial charge in [-0.3, -0.25) is 14.5 Å². The molecule has 0 aliphatic carbocycles. The van der Waals surface area contributed by atoms with Crippen LogP contribution in [0.1, 0.15) is 39.8 Å². The number of nitrogens with two attached hydrogens (primary N) is 1. The van der Waals surface area contributed by atoms with Gasteiger partial charge in [-0.1, -0.05) is 12.1 Å². The van der Waals surface area contributed by atoms with Crippen LogP contribution in [-0.4, -0.2) is 34.7 Å². The van der Waals surface area contributed by atoms with Gasteiger partial charge >= 0.3 is 0 Å². The van der Waals surface area contributed by atoms with Crippen LogP contribution < -0.4 is 16.4 Å². The Morgan fingerprint density at radius 1 is 1.31 bits per heavy atom. The summed E-state index contributed by atoms with van der Waals surface area (Å²) >= 11 is 0. The van der Waals surface area contributed by atoms with Crippen LogP contribution in [0.15, 0.2) is 29.3 Å². The fourth-order valence-electron chi connectivity index (χ4n) is 2.87. The molecule has 0 radical (unpaired) electrons. The Kier molecular flexibility index (Phi) is 6.38. The number of aryl methyl sites for hydroxylation is 2. The van der Waals surface area contributed by atoms with Crippen LogP contribution in [0.25, 0.3) is 0 Å². The molecule has 2 aromatic rings. The molecule has 26 heavy (non-hydrogen) atoms. The molecule has 1 heterocycles. The monoisotopic (exact) mass is 356 g/mol. The van der Waals surface area contributed by atoms with E-state index >= 15 is 0 Å². The highest BCUT2D eigenvalue weighted by Crippen LogP contribution is 2.14. The summed E-state index contributed by atoms with van der Waals surface area (Å²) in [5.41, 5.74) is 10.3. The molecule has 0 aliphatic rings. The second kappa shape index (κ2) is 8.51. The average Bonchev–Trinajstić information content (AvgIpc) is 2.85. The van der Waals surface area contributed by atoms with Crippen molar-refractivity contribution in [2.75, 3.05) is 7.05 Å². The van der Waals surface area contributed by atoms with Crippen molar-refractivity contribution in [3.05, 3.63) is 52.3 Å². The predicted molar refractivity (Wildman–Crippen MR) is 104 cm³/mol. The van der Waals surface area contributed by atoms with Crippen LogP contribution in [-0.2, 0) is 20.0 Å². The van der Waals surface area contributed by atoms with Gasteiger partial charge in [0.15, 0.2) is 5.96 Å². The van der Waals surface area contributed by atoms with Crippen molar-refractivity contribution in [2.45, 2.75) is 39.8 Å². The molecule has 140 valence electrons. The Bertz CT molecular complexity index is 791. The molecule has 1 atom stereocenters. The lowest BCUT2D eigenvalue weighted by Crippen LogP contribution is -2.42. The molecule has 0 fully saturated rings. The molecule has 0 spiro atoms. The summed E-state index contributed by atoms with van der Waals surface area (Å²) in [5.74, 6) is 0.312. The summed E-state index contributed by atoms with van der Waals surface area (Å²) in [6.45, 7) is 6.86. The maximum absolute atomic E-state index is 11.1. The second-order valence-electron chi connectivity index (χ2n) is 6.51. The number of nitrogens with zero attached hydrogens (tertiary/aromatic N) is 3. The Morgan fingerprint density at radius 2 is 1.96 bits per heavy atom. The predicted octanol–water partition coefficient (Wildman–Crippen LogP) is 1.43. The summed E-state index contributed by atoms with van der Waals surface area (Å²) in [7, 11) is 3.72. The number of rotatable bonds is 6. The molecule has 1 aromatic carbocycles. The minimum Gasteiger partial charge on any atom is -0.366 e. The van der Waals surface area contributed by atoms with E-state index in [9.17, 15) is 4.79 Å². The van der Waals surface area contributed by atoms with Gasteiger partial charge in [0.1, 0.15) is 0 Å². The molecule has 2 rings (SSSR count). The first-order chi connectivity index (χ1) is 12.3. The van der Waals surface area contributed by atoms with Gasteiger partial charge in [-0.25, -0.2) is 0 Å². The zero-order valence-electron chi connectivity index (χ0n) is 16.1. The first-order valence-corrected chi connectivity index (χ1v) is 8.66. The quantitative estimate of drug-likeness (QED) is 0.539. The maximum atomic E-state index is 11.1. The number of primary amides is 1. The van der Waals surface area contributed by atoms with Crippen LogP contribution >= 0.6 is 0 Å². The minimum absolute atomic E-state index is 0.208. The Balaban J connectivity index is 1.91. The molecule has 0 aliphatic heterocycles. The van der Waals surface area contributed by atoms with Gasteiger partial charge in [0, 0.05) is 37.9 Å². The van der Waals surface area contributed by atoms with Crippen LogP contribution in [0.5, 0.6) is 0 Å². The van der Waals surface area contributed by atoms with Gasteiger partial charge in [-0.05, 0) is 50.5 Å². The first-order valence-electron chi connectivity index (χ1n) is 8.66. The first kappa shape index (κ1) is 19.5. The summed E-state index contributed by atoms with van der Waals surface area (Å²) in [6, 6.07) is 7.43. The van der Waals surface area contributed by atoms with Crippen molar-refractivity contribution >= 4 is 11.9 Å². The number of guanidine groups is 1. The molecule has 1 unspecified atom stereocenters. The Morgan fingerprint density at radius 3 is 2.46 bits per heavy atom. The number of amides is 1. The highest BCUT2D eigenvalue weighted by Gasteiger charge is 2.14. The molecule has 0 saturated carbocycles. The number of nitrogens with one attached hydrogen (secondary N) is 2. The number of hydrogen-bond donors (Lipinski definition) is 3. The standard InChI is InChI=1S/C19H28N6O/c1-12(10-17-13(2)24-25(5)14(17)3)23-19(21-4)22-11-15-6-8-16(9-7-15)18(20)26/h6-9,12H,10-11H2,1-5H3,(H2,20,26)(H2,21,22,23). The van der Waals surface area contributed by atoms with Gasteiger partial charge in [0.2, 0.25) is 5.91 Å². The summed E-state index contributed by atoms with van der Waals surface area (Å²) in [6.07, 6.45) is 0.875. The third-order valence-corrected chi connectivity index (χ3v) is 4.47. The number of aliphatic imine (C=N–C) groups is 1.